The van der Waals surface area contributed by atoms with Crippen LogP contribution < -0.4 is 0 Å². The van der Waals surface area contributed by atoms with Crippen molar-refractivity contribution in [3.63, 3.8) is 0 Å². The summed E-state index contributed by atoms with van der Waals surface area (Å²) in [4.78, 5) is 0. The highest BCUT2D eigenvalue weighted by Gasteiger charge is 2.71. The first-order valence-electron chi connectivity index (χ1n) is 4.61. The number of ether oxygens (including phenoxy) is 3. The van der Waals surface area contributed by atoms with Gasteiger partial charge in [-0.1, -0.05) is 0 Å². The number of hydrogen-bond acceptors (Lipinski definition) is 3. The monoisotopic (exact) mass is 266 g/mol. The molecule has 0 amide bonds. The molecule has 2 aliphatic heterocycles. The average molecular weight is 266 g/mol. The molecule has 17 heavy (non-hydrogen) atoms. The van der Waals surface area contributed by atoms with Gasteiger partial charge in [-0.3, -0.25) is 0 Å². The molecule has 0 aromatic rings. The van der Waals surface area contributed by atoms with E-state index in [0.29, 0.717) is 0 Å². The van der Waals surface area contributed by atoms with Gasteiger partial charge in [0.05, 0.1) is 26.4 Å². The fourth-order valence-electron chi connectivity index (χ4n) is 1.51. The molecule has 0 atom stereocenters. The second-order valence-electron chi connectivity index (χ2n) is 4.07. The molecule has 2 aliphatic rings. The highest BCUT2D eigenvalue weighted by atomic mass is 19.4. The van der Waals surface area contributed by atoms with Crippen molar-refractivity contribution in [3.05, 3.63) is 0 Å². The van der Waals surface area contributed by atoms with Gasteiger partial charge < -0.3 is 14.2 Å². The van der Waals surface area contributed by atoms with Crippen molar-refractivity contribution in [1.82, 2.24) is 0 Å². The third kappa shape index (κ3) is 1.80. The molecule has 0 aliphatic carbocycles. The van der Waals surface area contributed by atoms with E-state index in [1.54, 1.807) is 0 Å². The van der Waals surface area contributed by atoms with Crippen LogP contribution in [0.15, 0.2) is 0 Å². The van der Waals surface area contributed by atoms with E-state index in [1.165, 1.54) is 0 Å². The Bertz CT molecular complexity index is 271. The summed E-state index contributed by atoms with van der Waals surface area (Å²) in [7, 11) is 0. The standard InChI is InChI=1S/C8H8F6O3/c9-7(10,11)5(1-15-2-5)17-6(3-16-4-6)8(12,13)14/h1-4H2. The van der Waals surface area contributed by atoms with Gasteiger partial charge in [0.2, 0.25) is 11.2 Å². The Balaban J connectivity index is 2.19. The first kappa shape index (κ1) is 12.9. The van der Waals surface area contributed by atoms with Gasteiger partial charge in [-0.15, -0.1) is 0 Å². The highest BCUT2D eigenvalue weighted by Crippen LogP contribution is 2.48. The van der Waals surface area contributed by atoms with Crippen LogP contribution in [0.1, 0.15) is 0 Å². The van der Waals surface area contributed by atoms with Gasteiger partial charge in [0.25, 0.3) is 0 Å². The first-order valence-corrected chi connectivity index (χ1v) is 4.61. The van der Waals surface area contributed by atoms with Crippen LogP contribution in [-0.4, -0.2) is 50.0 Å². The molecule has 0 saturated carbocycles. The Kier molecular flexibility index (Phi) is 2.64. The highest BCUT2D eigenvalue weighted by molar-refractivity contribution is 5.03. The summed E-state index contributed by atoms with van der Waals surface area (Å²) in [5, 5.41) is 0. The van der Waals surface area contributed by atoms with E-state index in [9.17, 15) is 26.3 Å². The minimum Gasteiger partial charge on any atom is -0.375 e. The zero-order chi connectivity index (χ0) is 12.9. The van der Waals surface area contributed by atoms with Crippen LogP contribution in [-0.2, 0) is 14.2 Å². The molecule has 0 N–H and O–H groups in total. The van der Waals surface area contributed by atoms with Crippen molar-refractivity contribution in [2.75, 3.05) is 26.4 Å². The van der Waals surface area contributed by atoms with E-state index >= 15 is 0 Å². The quantitative estimate of drug-likeness (QED) is 0.711. The first-order chi connectivity index (χ1) is 7.62. The Morgan fingerprint density at radius 2 is 1.00 bits per heavy atom. The van der Waals surface area contributed by atoms with Crippen LogP contribution in [0.4, 0.5) is 26.3 Å². The predicted molar refractivity (Wildman–Crippen MR) is 40.3 cm³/mol. The maximum Gasteiger partial charge on any atom is 0.422 e. The average Bonchev–Trinajstić information content (AvgIpc) is 1.93. The summed E-state index contributed by atoms with van der Waals surface area (Å²) in [6.07, 6.45) is -9.81. The molecule has 3 nitrogen and oxygen atoms in total. The molecule has 0 radical (unpaired) electrons. The fraction of sp³-hybridized carbons (Fsp3) is 1.00. The van der Waals surface area contributed by atoms with Gasteiger partial charge in [-0.05, 0) is 0 Å². The smallest absolute Gasteiger partial charge is 0.375 e. The molecule has 0 unspecified atom stereocenters. The molecule has 2 saturated heterocycles. The number of alkyl halides is 6. The third-order valence-corrected chi connectivity index (χ3v) is 2.76. The predicted octanol–water partition coefficient (Wildman–Crippen LogP) is 1.67. The molecular weight excluding hydrogens is 258 g/mol. The topological polar surface area (TPSA) is 27.7 Å². The molecule has 9 heteroatoms. The zero-order valence-electron chi connectivity index (χ0n) is 8.32. The van der Waals surface area contributed by atoms with Crippen LogP contribution in [0, 0.1) is 0 Å². The van der Waals surface area contributed by atoms with E-state index in [1.807, 2.05) is 0 Å². The van der Waals surface area contributed by atoms with Crippen molar-refractivity contribution >= 4 is 0 Å². The second kappa shape index (κ2) is 3.48. The molecule has 0 spiro atoms. The lowest BCUT2D eigenvalue weighted by Crippen LogP contribution is -2.72. The van der Waals surface area contributed by atoms with Crippen LogP contribution in [0.25, 0.3) is 0 Å². The van der Waals surface area contributed by atoms with Gasteiger partial charge in [-0.2, -0.15) is 26.3 Å². The van der Waals surface area contributed by atoms with Crippen molar-refractivity contribution in [2.24, 2.45) is 0 Å². The van der Waals surface area contributed by atoms with Crippen LogP contribution in [0.3, 0.4) is 0 Å². The largest absolute Gasteiger partial charge is 0.422 e. The van der Waals surface area contributed by atoms with Gasteiger partial charge in [0, 0.05) is 0 Å². The zero-order valence-corrected chi connectivity index (χ0v) is 8.32. The molecule has 100 valence electrons. The van der Waals surface area contributed by atoms with Gasteiger partial charge >= 0.3 is 12.4 Å². The summed E-state index contributed by atoms with van der Waals surface area (Å²) >= 11 is 0. The van der Waals surface area contributed by atoms with Crippen molar-refractivity contribution in [2.45, 2.75) is 23.6 Å². The molecule has 2 rings (SSSR count). The minimum atomic E-state index is -4.90. The normalized spacial score (nSPS) is 27.2. The third-order valence-electron chi connectivity index (χ3n) is 2.76. The second-order valence-corrected chi connectivity index (χ2v) is 4.07. The lowest BCUT2D eigenvalue weighted by atomic mass is 9.95. The molecule has 2 fully saturated rings. The Morgan fingerprint density at radius 1 is 0.706 bits per heavy atom. The number of halogens is 6. The van der Waals surface area contributed by atoms with E-state index in [4.69, 9.17) is 0 Å². The molecule has 0 aromatic carbocycles. The molecule has 2 heterocycles. The van der Waals surface area contributed by atoms with Crippen LogP contribution >= 0.6 is 0 Å². The molecular formula is C8H8F6O3. The van der Waals surface area contributed by atoms with Crippen LogP contribution in [0.5, 0.6) is 0 Å². The van der Waals surface area contributed by atoms with Crippen molar-refractivity contribution in [1.29, 1.82) is 0 Å². The maximum absolute atomic E-state index is 12.6. The summed E-state index contributed by atoms with van der Waals surface area (Å²) in [6, 6.07) is 0. The summed E-state index contributed by atoms with van der Waals surface area (Å²) in [5.41, 5.74) is -5.74. The van der Waals surface area contributed by atoms with E-state index < -0.39 is 50.0 Å². The van der Waals surface area contributed by atoms with E-state index in [-0.39, 0.29) is 0 Å². The van der Waals surface area contributed by atoms with E-state index in [0.717, 1.165) is 0 Å². The van der Waals surface area contributed by atoms with Gasteiger partial charge in [-0.25, -0.2) is 0 Å². The van der Waals surface area contributed by atoms with Gasteiger partial charge in [0.15, 0.2) is 0 Å². The Labute approximate surface area is 91.6 Å². The maximum atomic E-state index is 12.6. The Morgan fingerprint density at radius 3 is 1.12 bits per heavy atom. The fourth-order valence-corrected chi connectivity index (χ4v) is 1.51. The van der Waals surface area contributed by atoms with Crippen LogP contribution in [0.2, 0.25) is 0 Å². The van der Waals surface area contributed by atoms with Crippen molar-refractivity contribution in [3.8, 4) is 0 Å². The molecule has 0 bridgehead atoms. The lowest BCUT2D eigenvalue weighted by molar-refractivity contribution is -0.442. The molecule has 0 aromatic heterocycles. The number of rotatable bonds is 2. The SMILES string of the molecule is FC(F)(F)C1(OC2(C(F)(F)F)COC2)COC1. The summed E-state index contributed by atoms with van der Waals surface area (Å²) in [6.45, 7) is -3.69. The summed E-state index contributed by atoms with van der Waals surface area (Å²) < 4.78 is 88.7. The van der Waals surface area contributed by atoms with Gasteiger partial charge in [0.1, 0.15) is 0 Å². The number of hydrogen-bond donors (Lipinski definition) is 0. The Hall–Kier alpha value is -0.540. The minimum absolute atomic E-state index is 0.922. The lowest BCUT2D eigenvalue weighted by Gasteiger charge is -2.51. The summed E-state index contributed by atoms with van der Waals surface area (Å²) in [5.74, 6) is 0. The van der Waals surface area contributed by atoms with E-state index in [2.05, 4.69) is 14.2 Å². The van der Waals surface area contributed by atoms with Crippen molar-refractivity contribution < 1.29 is 40.6 Å².